The number of amides is 1. The zero-order valence-corrected chi connectivity index (χ0v) is 13.5. The highest BCUT2D eigenvalue weighted by molar-refractivity contribution is 5.94. The quantitative estimate of drug-likeness (QED) is 0.739. The Bertz CT molecular complexity index is 703. The fraction of sp³-hybridized carbons (Fsp3) is 0.211. The van der Waals surface area contributed by atoms with Gasteiger partial charge in [0.1, 0.15) is 12.4 Å². The maximum atomic E-state index is 13.7. The van der Waals surface area contributed by atoms with E-state index in [1.54, 1.807) is 49.4 Å². The highest BCUT2D eigenvalue weighted by Gasteiger charge is 2.20. The van der Waals surface area contributed by atoms with Crippen molar-refractivity contribution >= 4 is 11.6 Å². The van der Waals surface area contributed by atoms with Crippen LogP contribution in [0.5, 0.6) is 11.5 Å². The summed E-state index contributed by atoms with van der Waals surface area (Å²) in [5.41, 5.74) is 0.581. The van der Waals surface area contributed by atoms with Gasteiger partial charge >= 0.3 is 0 Å². The van der Waals surface area contributed by atoms with E-state index in [2.05, 4.69) is 11.9 Å². The van der Waals surface area contributed by atoms with Crippen LogP contribution in [0.1, 0.15) is 13.3 Å². The van der Waals surface area contributed by atoms with Gasteiger partial charge in [-0.05, 0) is 30.7 Å². The molecular formula is C19H20FNO3. The Balaban J connectivity index is 2.04. The molecule has 2 rings (SSSR count). The molecule has 0 unspecified atom stereocenters. The SMILES string of the molecule is C=CCOc1cccc(NC(=O)[C@@H](CC)Oc2ccccc2F)c1. The summed E-state index contributed by atoms with van der Waals surface area (Å²) in [5.74, 6) is -0.163. The van der Waals surface area contributed by atoms with E-state index < -0.39 is 11.9 Å². The van der Waals surface area contributed by atoms with Crippen LogP contribution in [-0.4, -0.2) is 18.6 Å². The van der Waals surface area contributed by atoms with Gasteiger partial charge in [-0.25, -0.2) is 4.39 Å². The number of rotatable bonds is 8. The normalized spacial score (nSPS) is 11.4. The molecule has 2 aromatic rings. The molecule has 1 atom stereocenters. The van der Waals surface area contributed by atoms with Crippen molar-refractivity contribution in [3.8, 4) is 11.5 Å². The van der Waals surface area contributed by atoms with Crippen molar-refractivity contribution in [3.63, 3.8) is 0 Å². The number of ether oxygens (including phenoxy) is 2. The number of hydrogen-bond donors (Lipinski definition) is 1. The molecule has 0 fully saturated rings. The van der Waals surface area contributed by atoms with Gasteiger partial charge in [-0.2, -0.15) is 0 Å². The minimum atomic E-state index is -0.792. The average molecular weight is 329 g/mol. The van der Waals surface area contributed by atoms with Gasteiger partial charge < -0.3 is 14.8 Å². The van der Waals surface area contributed by atoms with E-state index in [0.29, 0.717) is 24.5 Å². The van der Waals surface area contributed by atoms with Crippen LogP contribution in [0.25, 0.3) is 0 Å². The molecule has 1 N–H and O–H groups in total. The largest absolute Gasteiger partial charge is 0.489 e. The van der Waals surface area contributed by atoms with Gasteiger partial charge in [-0.1, -0.05) is 37.8 Å². The lowest BCUT2D eigenvalue weighted by Crippen LogP contribution is -2.32. The summed E-state index contributed by atoms with van der Waals surface area (Å²) in [4.78, 5) is 12.4. The summed E-state index contributed by atoms with van der Waals surface area (Å²) >= 11 is 0. The van der Waals surface area contributed by atoms with Gasteiger partial charge in [0.2, 0.25) is 0 Å². The number of nitrogens with one attached hydrogen (secondary N) is 1. The maximum absolute atomic E-state index is 13.7. The molecule has 0 heterocycles. The van der Waals surface area contributed by atoms with E-state index in [4.69, 9.17) is 9.47 Å². The third kappa shape index (κ3) is 4.84. The van der Waals surface area contributed by atoms with E-state index in [1.165, 1.54) is 12.1 Å². The van der Waals surface area contributed by atoms with E-state index >= 15 is 0 Å². The van der Waals surface area contributed by atoms with Crippen LogP contribution in [0.4, 0.5) is 10.1 Å². The summed E-state index contributed by atoms with van der Waals surface area (Å²) in [6.07, 6.45) is 1.26. The molecule has 5 heteroatoms. The predicted octanol–water partition coefficient (Wildman–Crippen LogP) is 4.19. The highest BCUT2D eigenvalue weighted by atomic mass is 19.1. The number of benzene rings is 2. The van der Waals surface area contributed by atoms with Crippen molar-refractivity contribution in [1.82, 2.24) is 0 Å². The zero-order chi connectivity index (χ0) is 17.4. The van der Waals surface area contributed by atoms with Crippen molar-refractivity contribution in [1.29, 1.82) is 0 Å². The molecule has 1 amide bonds. The molecule has 126 valence electrons. The summed E-state index contributed by atoms with van der Waals surface area (Å²) in [7, 11) is 0. The minimum absolute atomic E-state index is 0.0579. The van der Waals surface area contributed by atoms with Gasteiger partial charge in [0.15, 0.2) is 17.7 Å². The van der Waals surface area contributed by atoms with E-state index in [-0.39, 0.29) is 11.7 Å². The van der Waals surface area contributed by atoms with E-state index in [0.717, 1.165) is 0 Å². The Morgan fingerprint density at radius 3 is 2.79 bits per heavy atom. The number of halogens is 1. The van der Waals surface area contributed by atoms with Crippen LogP contribution < -0.4 is 14.8 Å². The van der Waals surface area contributed by atoms with Crippen LogP contribution in [0, 0.1) is 5.82 Å². The van der Waals surface area contributed by atoms with Gasteiger partial charge in [0.05, 0.1) is 0 Å². The van der Waals surface area contributed by atoms with Gasteiger partial charge in [0.25, 0.3) is 5.91 Å². The molecule has 0 bridgehead atoms. The lowest BCUT2D eigenvalue weighted by atomic mass is 10.2. The molecule has 0 saturated carbocycles. The fourth-order valence-electron chi connectivity index (χ4n) is 2.06. The third-order valence-electron chi connectivity index (χ3n) is 3.24. The number of para-hydroxylation sites is 1. The Labute approximate surface area is 140 Å². The first-order valence-corrected chi connectivity index (χ1v) is 7.69. The second-order valence-corrected chi connectivity index (χ2v) is 5.06. The highest BCUT2D eigenvalue weighted by Crippen LogP contribution is 2.20. The second kappa shape index (κ2) is 8.72. The smallest absolute Gasteiger partial charge is 0.265 e. The number of carbonyl (C=O) groups excluding carboxylic acids is 1. The molecular weight excluding hydrogens is 309 g/mol. The standard InChI is InChI=1S/C19H20FNO3/c1-3-12-23-15-9-7-8-14(13-15)21-19(22)17(4-2)24-18-11-6-5-10-16(18)20/h3,5-11,13,17H,1,4,12H2,2H3,(H,21,22)/t17-/m1/s1. The topological polar surface area (TPSA) is 47.6 Å². The summed E-state index contributed by atoms with van der Waals surface area (Å²) in [6, 6.07) is 13.0. The second-order valence-electron chi connectivity index (χ2n) is 5.06. The van der Waals surface area contributed by atoms with Crippen LogP contribution in [0.2, 0.25) is 0 Å². The van der Waals surface area contributed by atoms with Crippen molar-refractivity contribution in [3.05, 3.63) is 67.0 Å². The molecule has 0 saturated heterocycles. The fourth-order valence-corrected chi connectivity index (χ4v) is 2.06. The Hall–Kier alpha value is -2.82. The lowest BCUT2D eigenvalue weighted by Gasteiger charge is -2.18. The van der Waals surface area contributed by atoms with Crippen LogP contribution >= 0.6 is 0 Å². The molecule has 0 aliphatic heterocycles. The Kier molecular flexibility index (Phi) is 6.37. The molecule has 4 nitrogen and oxygen atoms in total. The van der Waals surface area contributed by atoms with E-state index in [1.807, 2.05) is 0 Å². The summed E-state index contributed by atoms with van der Waals surface area (Å²) in [5, 5.41) is 2.76. The first kappa shape index (κ1) is 17.5. The predicted molar refractivity (Wildman–Crippen MR) is 91.9 cm³/mol. The molecule has 0 radical (unpaired) electrons. The van der Waals surface area contributed by atoms with Crippen molar-refractivity contribution in [2.24, 2.45) is 0 Å². The third-order valence-corrected chi connectivity index (χ3v) is 3.24. The van der Waals surface area contributed by atoms with Crippen molar-refractivity contribution in [2.75, 3.05) is 11.9 Å². The molecule has 0 aromatic heterocycles. The summed E-state index contributed by atoms with van der Waals surface area (Å²) < 4.78 is 24.6. The van der Waals surface area contributed by atoms with Gasteiger partial charge in [-0.3, -0.25) is 4.79 Å². The van der Waals surface area contributed by atoms with E-state index in [9.17, 15) is 9.18 Å². The van der Waals surface area contributed by atoms with Crippen LogP contribution in [-0.2, 0) is 4.79 Å². The molecule has 2 aromatic carbocycles. The van der Waals surface area contributed by atoms with Crippen LogP contribution in [0.15, 0.2) is 61.2 Å². The first-order valence-electron chi connectivity index (χ1n) is 7.69. The molecule has 0 aliphatic carbocycles. The zero-order valence-electron chi connectivity index (χ0n) is 13.5. The molecule has 24 heavy (non-hydrogen) atoms. The van der Waals surface area contributed by atoms with Crippen molar-refractivity contribution in [2.45, 2.75) is 19.4 Å². The lowest BCUT2D eigenvalue weighted by molar-refractivity contribution is -0.122. The van der Waals surface area contributed by atoms with Crippen LogP contribution in [0.3, 0.4) is 0 Å². The van der Waals surface area contributed by atoms with Gasteiger partial charge in [-0.15, -0.1) is 0 Å². The summed E-state index contributed by atoms with van der Waals surface area (Å²) in [6.45, 7) is 5.77. The Morgan fingerprint density at radius 2 is 2.08 bits per heavy atom. The Morgan fingerprint density at radius 1 is 1.29 bits per heavy atom. The average Bonchev–Trinajstić information content (AvgIpc) is 2.59. The monoisotopic (exact) mass is 329 g/mol. The first-order chi connectivity index (χ1) is 11.6. The minimum Gasteiger partial charge on any atom is -0.489 e. The molecule has 0 aliphatic rings. The van der Waals surface area contributed by atoms with Crippen molar-refractivity contribution < 1.29 is 18.7 Å². The number of anilines is 1. The number of hydrogen-bond acceptors (Lipinski definition) is 3. The molecule has 0 spiro atoms. The maximum Gasteiger partial charge on any atom is 0.265 e. The van der Waals surface area contributed by atoms with Gasteiger partial charge in [0, 0.05) is 11.8 Å². The number of carbonyl (C=O) groups is 1.